The molecule has 1 fully saturated rings. The van der Waals surface area contributed by atoms with Crippen molar-refractivity contribution in [2.24, 2.45) is 0 Å². The van der Waals surface area contributed by atoms with Crippen molar-refractivity contribution < 1.29 is 4.74 Å². The second-order valence-corrected chi connectivity index (χ2v) is 8.32. The molecule has 2 aliphatic heterocycles. The molecule has 0 spiro atoms. The van der Waals surface area contributed by atoms with Crippen LogP contribution in [-0.4, -0.2) is 47.7 Å². The highest BCUT2D eigenvalue weighted by atomic mass is 16.5. The first-order chi connectivity index (χ1) is 15.3. The van der Waals surface area contributed by atoms with E-state index in [0.29, 0.717) is 6.04 Å². The number of anilines is 3. The molecule has 0 atom stereocenters. The second kappa shape index (κ2) is 8.94. The summed E-state index contributed by atoms with van der Waals surface area (Å²) in [5.74, 6) is 2.65. The number of hydrogen-bond acceptors (Lipinski definition) is 6. The summed E-state index contributed by atoms with van der Waals surface area (Å²) in [6, 6.07) is 19.4. The third-order valence-corrected chi connectivity index (χ3v) is 6.48. The number of aromatic nitrogens is 2. The first-order valence-electron chi connectivity index (χ1n) is 11.1. The third kappa shape index (κ3) is 4.49. The van der Waals surface area contributed by atoms with Crippen molar-refractivity contribution in [3.05, 3.63) is 72.1 Å². The number of ether oxygens (including phenoxy) is 1. The summed E-state index contributed by atoms with van der Waals surface area (Å²) in [4.78, 5) is 14.0. The lowest BCUT2D eigenvalue weighted by Crippen LogP contribution is -2.46. The Morgan fingerprint density at radius 3 is 2.48 bits per heavy atom. The van der Waals surface area contributed by atoms with E-state index < -0.39 is 0 Å². The normalized spacial score (nSPS) is 17.3. The minimum absolute atomic E-state index is 0.656. The van der Waals surface area contributed by atoms with Gasteiger partial charge in [0.2, 0.25) is 0 Å². The zero-order valence-corrected chi connectivity index (χ0v) is 18.0. The lowest BCUT2D eigenvalue weighted by Gasteiger charge is -2.41. The number of piperidine rings is 1. The van der Waals surface area contributed by atoms with Gasteiger partial charge in [-0.3, -0.25) is 4.90 Å². The largest absolute Gasteiger partial charge is 0.497 e. The second-order valence-electron chi connectivity index (χ2n) is 8.32. The van der Waals surface area contributed by atoms with Crippen molar-refractivity contribution in [3.8, 4) is 5.75 Å². The summed E-state index contributed by atoms with van der Waals surface area (Å²) in [7, 11) is 1.67. The minimum Gasteiger partial charge on any atom is -0.497 e. The molecule has 0 radical (unpaired) electrons. The highest BCUT2D eigenvalue weighted by Crippen LogP contribution is 2.27. The quantitative estimate of drug-likeness (QED) is 0.672. The summed E-state index contributed by atoms with van der Waals surface area (Å²) in [6.07, 6.45) is 5.17. The minimum atomic E-state index is 0.656. The summed E-state index contributed by atoms with van der Waals surface area (Å²) in [5.41, 5.74) is 4.00. The zero-order valence-electron chi connectivity index (χ0n) is 18.0. The maximum Gasteiger partial charge on any atom is 0.135 e. The number of hydrogen-bond donors (Lipinski definition) is 1. The van der Waals surface area contributed by atoms with Crippen LogP contribution in [0.2, 0.25) is 0 Å². The number of methoxy groups -OCH3 is 1. The molecule has 6 heteroatoms. The predicted octanol–water partition coefficient (Wildman–Crippen LogP) is 4.26. The Labute approximate surface area is 183 Å². The van der Waals surface area contributed by atoms with Crippen molar-refractivity contribution in [2.75, 3.05) is 37.0 Å². The number of fused-ring (bicyclic) bond motifs is 1. The number of nitrogens with one attached hydrogen (secondary N) is 1. The molecule has 0 saturated carbocycles. The first-order valence-corrected chi connectivity index (χ1v) is 11.1. The molecule has 160 valence electrons. The van der Waals surface area contributed by atoms with Crippen molar-refractivity contribution in [1.29, 1.82) is 0 Å². The van der Waals surface area contributed by atoms with Gasteiger partial charge >= 0.3 is 0 Å². The van der Waals surface area contributed by atoms with Crippen molar-refractivity contribution in [2.45, 2.75) is 31.8 Å². The maximum absolute atomic E-state index is 5.22. The van der Waals surface area contributed by atoms with E-state index in [0.717, 1.165) is 42.7 Å². The van der Waals surface area contributed by atoms with Gasteiger partial charge in [0.25, 0.3) is 0 Å². The molecule has 0 aliphatic carbocycles. The van der Waals surface area contributed by atoms with Crippen LogP contribution >= 0.6 is 0 Å². The predicted molar refractivity (Wildman–Crippen MR) is 124 cm³/mol. The first kappa shape index (κ1) is 19.8. The molecular weight excluding hydrogens is 386 g/mol. The fraction of sp³-hybridized carbons (Fsp3) is 0.360. The van der Waals surface area contributed by atoms with Gasteiger partial charge in [-0.25, -0.2) is 9.97 Å². The van der Waals surface area contributed by atoms with Crippen LogP contribution in [0, 0.1) is 0 Å². The summed E-state index contributed by atoms with van der Waals surface area (Å²) >= 11 is 0. The average Bonchev–Trinajstić information content (AvgIpc) is 2.84. The van der Waals surface area contributed by atoms with Crippen LogP contribution in [0.1, 0.15) is 24.0 Å². The SMILES string of the molecule is COc1ccc(Nc2cc(N3CCC(N4CCc5ccccc5C4)CC3)ncn2)cc1. The van der Waals surface area contributed by atoms with E-state index in [1.807, 2.05) is 30.3 Å². The van der Waals surface area contributed by atoms with Gasteiger partial charge in [-0.2, -0.15) is 0 Å². The fourth-order valence-corrected chi connectivity index (χ4v) is 4.70. The van der Waals surface area contributed by atoms with Gasteiger partial charge in [0.1, 0.15) is 23.7 Å². The van der Waals surface area contributed by atoms with Crippen LogP contribution in [0.5, 0.6) is 5.75 Å². The molecule has 0 unspecified atom stereocenters. The van der Waals surface area contributed by atoms with E-state index in [1.54, 1.807) is 13.4 Å². The molecule has 1 N–H and O–H groups in total. The molecule has 6 nitrogen and oxygen atoms in total. The van der Waals surface area contributed by atoms with Crippen LogP contribution in [0.15, 0.2) is 60.9 Å². The van der Waals surface area contributed by atoms with Gasteiger partial charge in [-0.1, -0.05) is 24.3 Å². The van der Waals surface area contributed by atoms with Crippen LogP contribution in [0.3, 0.4) is 0 Å². The van der Waals surface area contributed by atoms with E-state index in [1.165, 1.54) is 36.9 Å². The molecule has 1 saturated heterocycles. The Bertz CT molecular complexity index is 1010. The Morgan fingerprint density at radius 1 is 0.935 bits per heavy atom. The molecule has 31 heavy (non-hydrogen) atoms. The van der Waals surface area contributed by atoms with E-state index in [2.05, 4.69) is 49.4 Å². The third-order valence-electron chi connectivity index (χ3n) is 6.48. The van der Waals surface area contributed by atoms with Gasteiger partial charge in [0.15, 0.2) is 0 Å². The van der Waals surface area contributed by atoms with Crippen molar-refractivity contribution in [1.82, 2.24) is 14.9 Å². The van der Waals surface area contributed by atoms with E-state index in [9.17, 15) is 0 Å². The van der Waals surface area contributed by atoms with E-state index >= 15 is 0 Å². The standard InChI is InChI=1S/C25H29N5O/c1-31-23-8-6-21(7-9-23)28-24-16-25(27-18-26-24)29-14-11-22(12-15-29)30-13-10-19-4-2-3-5-20(19)17-30/h2-9,16,18,22H,10-15,17H2,1H3,(H,26,27,28). The lowest BCUT2D eigenvalue weighted by atomic mass is 9.95. The molecule has 0 bridgehead atoms. The number of benzene rings is 2. The fourth-order valence-electron chi connectivity index (χ4n) is 4.70. The van der Waals surface area contributed by atoms with Gasteiger partial charge in [-0.15, -0.1) is 0 Å². The Kier molecular flexibility index (Phi) is 5.71. The molecule has 0 amide bonds. The average molecular weight is 416 g/mol. The van der Waals surface area contributed by atoms with Crippen LogP contribution in [0.25, 0.3) is 0 Å². The maximum atomic E-state index is 5.22. The monoisotopic (exact) mass is 415 g/mol. The Morgan fingerprint density at radius 2 is 1.71 bits per heavy atom. The smallest absolute Gasteiger partial charge is 0.135 e. The molecule has 2 aliphatic rings. The molecule has 2 aromatic carbocycles. The van der Waals surface area contributed by atoms with Gasteiger partial charge in [0.05, 0.1) is 7.11 Å². The van der Waals surface area contributed by atoms with Crippen molar-refractivity contribution in [3.63, 3.8) is 0 Å². The summed E-state index contributed by atoms with van der Waals surface area (Å²) in [6.45, 7) is 4.32. The summed E-state index contributed by atoms with van der Waals surface area (Å²) in [5, 5.41) is 3.36. The van der Waals surface area contributed by atoms with Crippen molar-refractivity contribution >= 4 is 17.3 Å². The number of nitrogens with zero attached hydrogens (tertiary/aromatic N) is 4. The van der Waals surface area contributed by atoms with Crippen LogP contribution < -0.4 is 15.0 Å². The highest BCUT2D eigenvalue weighted by Gasteiger charge is 2.27. The molecule has 3 heterocycles. The van der Waals surface area contributed by atoms with Crippen LogP contribution in [-0.2, 0) is 13.0 Å². The highest BCUT2D eigenvalue weighted by molar-refractivity contribution is 5.60. The lowest BCUT2D eigenvalue weighted by molar-refractivity contribution is 0.153. The Hall–Kier alpha value is -3.12. The Balaban J connectivity index is 1.19. The van der Waals surface area contributed by atoms with E-state index in [4.69, 9.17) is 4.74 Å². The molecule has 3 aromatic rings. The molecular formula is C25H29N5O. The molecule has 1 aromatic heterocycles. The topological polar surface area (TPSA) is 53.5 Å². The molecule has 5 rings (SSSR count). The van der Waals surface area contributed by atoms with Crippen LogP contribution in [0.4, 0.5) is 17.3 Å². The van der Waals surface area contributed by atoms with E-state index in [-0.39, 0.29) is 0 Å². The summed E-state index contributed by atoms with van der Waals surface area (Å²) < 4.78 is 5.22. The van der Waals surface area contributed by atoms with Gasteiger partial charge in [0, 0.05) is 44.0 Å². The van der Waals surface area contributed by atoms with Gasteiger partial charge in [-0.05, 0) is 54.7 Å². The zero-order chi connectivity index (χ0) is 21.0. The number of rotatable bonds is 5. The van der Waals surface area contributed by atoms with Gasteiger partial charge < -0.3 is 15.0 Å².